The van der Waals surface area contributed by atoms with E-state index in [1.165, 1.54) is 26.0 Å². The molecule has 2 aromatic rings. The molecule has 0 unspecified atom stereocenters. The van der Waals surface area contributed by atoms with Crippen molar-refractivity contribution < 1.29 is 29.3 Å². The molecule has 0 radical (unpaired) electrons. The third-order valence-corrected chi connectivity index (χ3v) is 5.05. The number of aliphatic hydroxyl groups excluding tert-OH is 2. The Morgan fingerprint density at radius 1 is 1.07 bits per heavy atom. The molecule has 0 aromatic heterocycles. The van der Waals surface area contributed by atoms with Crippen molar-refractivity contribution in [1.82, 2.24) is 4.90 Å². The zero-order chi connectivity index (χ0) is 22.0. The van der Waals surface area contributed by atoms with Crippen molar-refractivity contribution >= 4 is 17.4 Å². The van der Waals surface area contributed by atoms with E-state index in [4.69, 9.17) is 9.47 Å². The standard InChI is InChI=1S/C23H25NO6/c1-13-5-7-15(8-6-13)21(26)19-20(24(12-14(2)25)23(28)22(19)27)16-9-10-17(29-3)18(11-16)30-4/h5-11,14,20,25-26H,12H2,1-4H3/t14-,20+/m1/s1. The van der Waals surface area contributed by atoms with Crippen LogP contribution in [0, 0.1) is 6.92 Å². The summed E-state index contributed by atoms with van der Waals surface area (Å²) in [7, 11) is 3.00. The minimum Gasteiger partial charge on any atom is -0.507 e. The molecular weight excluding hydrogens is 386 g/mol. The van der Waals surface area contributed by atoms with E-state index in [0.29, 0.717) is 22.6 Å². The Morgan fingerprint density at radius 3 is 2.27 bits per heavy atom. The molecule has 0 spiro atoms. The summed E-state index contributed by atoms with van der Waals surface area (Å²) in [6, 6.07) is 11.2. The van der Waals surface area contributed by atoms with Crippen molar-refractivity contribution in [3.8, 4) is 11.5 Å². The van der Waals surface area contributed by atoms with E-state index >= 15 is 0 Å². The zero-order valence-electron chi connectivity index (χ0n) is 17.4. The van der Waals surface area contributed by atoms with Crippen LogP contribution in [0.1, 0.15) is 29.7 Å². The van der Waals surface area contributed by atoms with Gasteiger partial charge in [0.25, 0.3) is 11.7 Å². The first kappa shape index (κ1) is 21.4. The summed E-state index contributed by atoms with van der Waals surface area (Å²) in [5, 5.41) is 20.9. The lowest BCUT2D eigenvalue weighted by Crippen LogP contribution is -2.35. The molecule has 1 saturated heterocycles. The molecule has 1 aliphatic heterocycles. The number of nitrogens with zero attached hydrogens (tertiary/aromatic N) is 1. The van der Waals surface area contributed by atoms with Crippen molar-refractivity contribution in [2.45, 2.75) is 26.0 Å². The Labute approximate surface area is 175 Å². The van der Waals surface area contributed by atoms with Crippen LogP contribution in [0.2, 0.25) is 0 Å². The van der Waals surface area contributed by atoms with Gasteiger partial charge in [0.2, 0.25) is 0 Å². The molecule has 0 bridgehead atoms. The van der Waals surface area contributed by atoms with E-state index in [2.05, 4.69) is 0 Å². The fraction of sp³-hybridized carbons (Fsp3) is 0.304. The number of Topliss-reactive ketones (excluding diaryl/α,β-unsaturated/α-hetero) is 1. The highest BCUT2D eigenvalue weighted by Gasteiger charge is 2.46. The van der Waals surface area contributed by atoms with E-state index < -0.39 is 23.8 Å². The van der Waals surface area contributed by atoms with Gasteiger partial charge in [0.05, 0.1) is 31.9 Å². The highest BCUT2D eigenvalue weighted by molar-refractivity contribution is 6.46. The quantitative estimate of drug-likeness (QED) is 0.431. The SMILES string of the molecule is COc1ccc([C@H]2C(=C(O)c3ccc(C)cc3)C(=O)C(=O)N2C[C@@H](C)O)cc1OC. The summed E-state index contributed by atoms with van der Waals surface area (Å²) in [6.07, 6.45) is -0.856. The number of methoxy groups -OCH3 is 2. The van der Waals surface area contributed by atoms with Crippen LogP contribution in [0.3, 0.4) is 0 Å². The van der Waals surface area contributed by atoms with Gasteiger partial charge < -0.3 is 24.6 Å². The number of hydrogen-bond acceptors (Lipinski definition) is 6. The molecule has 3 rings (SSSR count). The van der Waals surface area contributed by atoms with Crippen molar-refractivity contribution in [3.05, 3.63) is 64.7 Å². The number of benzene rings is 2. The van der Waals surface area contributed by atoms with Gasteiger partial charge in [-0.1, -0.05) is 35.9 Å². The molecule has 2 N–H and O–H groups in total. The van der Waals surface area contributed by atoms with Gasteiger partial charge in [-0.3, -0.25) is 9.59 Å². The van der Waals surface area contributed by atoms with Crippen LogP contribution < -0.4 is 9.47 Å². The highest BCUT2D eigenvalue weighted by atomic mass is 16.5. The number of amides is 1. The molecule has 7 nitrogen and oxygen atoms in total. The summed E-state index contributed by atoms with van der Waals surface area (Å²) < 4.78 is 10.6. The second-order valence-electron chi connectivity index (χ2n) is 7.28. The van der Waals surface area contributed by atoms with Gasteiger partial charge in [-0.2, -0.15) is 0 Å². The van der Waals surface area contributed by atoms with Gasteiger partial charge in [-0.15, -0.1) is 0 Å². The van der Waals surface area contributed by atoms with Crippen LogP contribution in [-0.2, 0) is 9.59 Å². The van der Waals surface area contributed by atoms with E-state index in [9.17, 15) is 19.8 Å². The lowest BCUT2D eigenvalue weighted by molar-refractivity contribution is -0.140. The van der Waals surface area contributed by atoms with Crippen LogP contribution in [0.5, 0.6) is 11.5 Å². The Balaban J connectivity index is 2.21. The number of ketones is 1. The van der Waals surface area contributed by atoms with Crippen LogP contribution in [-0.4, -0.2) is 53.7 Å². The number of β-amino-alcohol motifs (C(OH)–C–C–N with tert-alkyl or cyclic N) is 1. The number of hydrogen-bond donors (Lipinski definition) is 2. The van der Waals surface area contributed by atoms with Crippen molar-refractivity contribution in [2.24, 2.45) is 0 Å². The number of aliphatic hydroxyl groups is 2. The topological polar surface area (TPSA) is 96.3 Å². The van der Waals surface area contributed by atoms with Crippen molar-refractivity contribution in [3.63, 3.8) is 0 Å². The van der Waals surface area contributed by atoms with Crippen LogP contribution in [0.4, 0.5) is 0 Å². The average molecular weight is 411 g/mol. The van der Waals surface area contributed by atoms with E-state index in [1.54, 1.807) is 30.3 Å². The molecule has 1 amide bonds. The summed E-state index contributed by atoms with van der Waals surface area (Å²) in [5.41, 5.74) is 1.96. The summed E-state index contributed by atoms with van der Waals surface area (Å²) in [4.78, 5) is 26.9. The molecule has 1 fully saturated rings. The predicted molar refractivity (Wildman–Crippen MR) is 111 cm³/mol. The first-order valence-corrected chi connectivity index (χ1v) is 9.54. The Bertz CT molecular complexity index is 993. The number of carbonyl (C=O) groups is 2. The summed E-state index contributed by atoms with van der Waals surface area (Å²) in [6.45, 7) is 3.38. The maximum atomic E-state index is 12.9. The van der Waals surface area contributed by atoms with E-state index in [1.807, 2.05) is 19.1 Å². The van der Waals surface area contributed by atoms with Gasteiger partial charge in [-0.25, -0.2) is 0 Å². The first-order chi connectivity index (χ1) is 14.3. The third-order valence-electron chi connectivity index (χ3n) is 5.05. The Kier molecular flexibility index (Phi) is 6.12. The highest BCUT2D eigenvalue weighted by Crippen LogP contribution is 2.42. The molecule has 30 heavy (non-hydrogen) atoms. The van der Waals surface area contributed by atoms with Gasteiger partial charge in [0, 0.05) is 12.1 Å². The minimum absolute atomic E-state index is 0.0308. The number of rotatable bonds is 6. The number of likely N-dealkylation sites (tertiary alicyclic amines) is 1. The summed E-state index contributed by atoms with van der Waals surface area (Å²) >= 11 is 0. The molecule has 0 aliphatic carbocycles. The van der Waals surface area contributed by atoms with Crippen LogP contribution in [0.15, 0.2) is 48.0 Å². The molecule has 1 aliphatic rings. The number of ether oxygens (including phenoxy) is 2. The zero-order valence-corrected chi connectivity index (χ0v) is 17.4. The third kappa shape index (κ3) is 3.89. The Morgan fingerprint density at radius 2 is 1.70 bits per heavy atom. The second kappa shape index (κ2) is 8.59. The van der Waals surface area contributed by atoms with E-state index in [-0.39, 0.29) is 17.9 Å². The van der Waals surface area contributed by atoms with Crippen LogP contribution in [0.25, 0.3) is 5.76 Å². The lowest BCUT2D eigenvalue weighted by Gasteiger charge is -2.27. The largest absolute Gasteiger partial charge is 0.507 e. The van der Waals surface area contributed by atoms with Gasteiger partial charge in [0.1, 0.15) is 5.76 Å². The minimum atomic E-state index is -0.874. The fourth-order valence-electron chi connectivity index (χ4n) is 3.59. The fourth-order valence-corrected chi connectivity index (χ4v) is 3.59. The molecule has 0 saturated carbocycles. The molecule has 1 heterocycles. The summed E-state index contributed by atoms with van der Waals surface area (Å²) in [5.74, 6) is -0.917. The Hall–Kier alpha value is -3.32. The normalized spacial score (nSPS) is 19.1. The van der Waals surface area contributed by atoms with Crippen molar-refractivity contribution in [1.29, 1.82) is 0 Å². The van der Waals surface area contributed by atoms with Gasteiger partial charge in [-0.05, 0) is 31.5 Å². The van der Waals surface area contributed by atoms with E-state index in [0.717, 1.165) is 5.56 Å². The maximum absolute atomic E-state index is 12.9. The molecule has 2 aromatic carbocycles. The molecule has 158 valence electrons. The molecular formula is C23H25NO6. The van der Waals surface area contributed by atoms with Crippen molar-refractivity contribution in [2.75, 3.05) is 20.8 Å². The number of aryl methyl sites for hydroxylation is 1. The predicted octanol–water partition coefficient (Wildman–Crippen LogP) is 2.81. The lowest BCUT2D eigenvalue weighted by atomic mass is 9.94. The average Bonchev–Trinajstić information content (AvgIpc) is 2.97. The maximum Gasteiger partial charge on any atom is 0.295 e. The van der Waals surface area contributed by atoms with Gasteiger partial charge >= 0.3 is 0 Å². The molecule has 7 heteroatoms. The second-order valence-corrected chi connectivity index (χ2v) is 7.28. The monoisotopic (exact) mass is 411 g/mol. The smallest absolute Gasteiger partial charge is 0.295 e. The number of carbonyl (C=O) groups excluding carboxylic acids is 2. The van der Waals surface area contributed by atoms with Gasteiger partial charge in [0.15, 0.2) is 11.5 Å². The van der Waals surface area contributed by atoms with Crippen LogP contribution >= 0.6 is 0 Å². The molecule has 2 atom stereocenters. The first-order valence-electron chi connectivity index (χ1n) is 9.54.